The van der Waals surface area contributed by atoms with Gasteiger partial charge in [0.2, 0.25) is 0 Å². The molecule has 0 spiro atoms. The molecule has 3 aromatic rings. The number of rotatable bonds is 2. The molecule has 0 radical (unpaired) electrons. The van der Waals surface area contributed by atoms with Crippen LogP contribution >= 0.6 is 0 Å². The van der Waals surface area contributed by atoms with Crippen LogP contribution in [-0.4, -0.2) is 0 Å². The Morgan fingerprint density at radius 1 is 0.944 bits per heavy atom. The minimum Gasteiger partial charge on any atom is -0.461 e. The predicted octanol–water partition coefficient (Wildman–Crippen LogP) is 4.80. The van der Waals surface area contributed by atoms with E-state index in [1.807, 2.05) is 43.3 Å². The number of aryl methyl sites for hydroxylation is 1. The van der Waals surface area contributed by atoms with Crippen LogP contribution in [0.2, 0.25) is 0 Å². The highest BCUT2D eigenvalue weighted by atomic mass is 16.3. The molecule has 88 valence electrons. The van der Waals surface area contributed by atoms with Crippen molar-refractivity contribution in [3.63, 3.8) is 0 Å². The number of hydrogen-bond donors (Lipinski definition) is 0. The molecule has 18 heavy (non-hydrogen) atoms. The number of fused-ring (bicyclic) bond motifs is 1. The molecular formula is C17H14O. The van der Waals surface area contributed by atoms with Gasteiger partial charge >= 0.3 is 0 Å². The van der Waals surface area contributed by atoms with E-state index in [9.17, 15) is 0 Å². The monoisotopic (exact) mass is 234 g/mol. The van der Waals surface area contributed by atoms with Crippen LogP contribution in [0.15, 0.2) is 65.6 Å². The van der Waals surface area contributed by atoms with E-state index in [0.717, 1.165) is 33.4 Å². The second-order valence-corrected chi connectivity index (χ2v) is 4.37. The first kappa shape index (κ1) is 10.8. The molecule has 0 saturated carbocycles. The Hall–Kier alpha value is -2.28. The second-order valence-electron chi connectivity index (χ2n) is 4.37. The van der Waals surface area contributed by atoms with Gasteiger partial charge in [-0.25, -0.2) is 0 Å². The highest BCUT2D eigenvalue weighted by molar-refractivity contribution is 5.96. The Morgan fingerprint density at radius 3 is 2.39 bits per heavy atom. The van der Waals surface area contributed by atoms with Crippen LogP contribution in [0.5, 0.6) is 0 Å². The number of furan rings is 1. The van der Waals surface area contributed by atoms with Crippen molar-refractivity contribution in [1.29, 1.82) is 0 Å². The third kappa shape index (κ3) is 1.65. The van der Waals surface area contributed by atoms with Gasteiger partial charge in [0, 0.05) is 10.9 Å². The molecule has 0 atom stereocenters. The van der Waals surface area contributed by atoms with Crippen LogP contribution in [-0.2, 0) is 0 Å². The Balaban J connectivity index is 2.21. The van der Waals surface area contributed by atoms with Gasteiger partial charge in [-0.2, -0.15) is 0 Å². The fourth-order valence-corrected chi connectivity index (χ4v) is 2.33. The lowest BCUT2D eigenvalue weighted by atomic mass is 9.97. The number of benzene rings is 2. The molecule has 1 nitrogen and oxygen atoms in total. The first-order chi connectivity index (χ1) is 8.77. The fraction of sp³-hybridized carbons (Fsp3) is 0.0588. The fourth-order valence-electron chi connectivity index (χ4n) is 2.33. The molecule has 0 unspecified atom stereocenters. The van der Waals surface area contributed by atoms with Gasteiger partial charge in [-0.3, -0.25) is 0 Å². The van der Waals surface area contributed by atoms with Gasteiger partial charge in [-0.1, -0.05) is 55.1 Å². The third-order valence-electron chi connectivity index (χ3n) is 3.20. The molecule has 1 heteroatoms. The van der Waals surface area contributed by atoms with Gasteiger partial charge in [0.05, 0.1) is 0 Å². The maximum absolute atomic E-state index is 5.78. The minimum atomic E-state index is 0.919. The maximum atomic E-state index is 5.78. The summed E-state index contributed by atoms with van der Waals surface area (Å²) in [6.45, 7) is 6.21. The highest BCUT2D eigenvalue weighted by Gasteiger charge is 2.14. The van der Waals surface area contributed by atoms with Crippen LogP contribution < -0.4 is 0 Å². The molecule has 0 fully saturated rings. The summed E-state index contributed by atoms with van der Waals surface area (Å²) in [5.74, 6) is 0.921. The summed E-state index contributed by atoms with van der Waals surface area (Å²) in [6.07, 6.45) is 0. The standard InChI is InChI=1S/C17H14O/c1-12(14-8-4-3-5-9-14)17-13(2)18-16-11-7-6-10-15(16)17/h3-11H,1H2,2H3. The Morgan fingerprint density at radius 2 is 1.61 bits per heavy atom. The molecule has 0 aliphatic heterocycles. The van der Waals surface area contributed by atoms with Crippen molar-refractivity contribution in [2.45, 2.75) is 6.92 Å². The second kappa shape index (κ2) is 4.19. The van der Waals surface area contributed by atoms with Crippen molar-refractivity contribution in [2.75, 3.05) is 0 Å². The van der Waals surface area contributed by atoms with Gasteiger partial charge in [-0.05, 0) is 24.1 Å². The molecule has 0 bridgehead atoms. The average molecular weight is 234 g/mol. The Labute approximate surface area is 106 Å². The van der Waals surface area contributed by atoms with Crippen molar-refractivity contribution in [3.8, 4) is 0 Å². The van der Waals surface area contributed by atoms with Crippen molar-refractivity contribution < 1.29 is 4.42 Å². The summed E-state index contributed by atoms with van der Waals surface area (Å²) >= 11 is 0. The molecule has 0 N–H and O–H groups in total. The quantitative estimate of drug-likeness (QED) is 0.620. The van der Waals surface area contributed by atoms with Gasteiger partial charge in [0.1, 0.15) is 11.3 Å². The van der Waals surface area contributed by atoms with E-state index in [-0.39, 0.29) is 0 Å². The van der Waals surface area contributed by atoms with Crippen molar-refractivity contribution >= 4 is 16.5 Å². The van der Waals surface area contributed by atoms with Crippen LogP contribution in [0, 0.1) is 6.92 Å². The molecule has 1 heterocycles. The normalized spacial score (nSPS) is 10.7. The van der Waals surface area contributed by atoms with E-state index in [1.165, 1.54) is 0 Å². The van der Waals surface area contributed by atoms with Crippen LogP contribution in [0.1, 0.15) is 16.9 Å². The van der Waals surface area contributed by atoms with Crippen LogP contribution in [0.3, 0.4) is 0 Å². The smallest absolute Gasteiger partial charge is 0.134 e. The zero-order valence-corrected chi connectivity index (χ0v) is 10.3. The molecule has 0 amide bonds. The third-order valence-corrected chi connectivity index (χ3v) is 3.20. The van der Waals surface area contributed by atoms with E-state index in [4.69, 9.17) is 4.42 Å². The summed E-state index contributed by atoms with van der Waals surface area (Å²) in [6, 6.07) is 18.3. The molecule has 2 aromatic carbocycles. The summed E-state index contributed by atoms with van der Waals surface area (Å²) in [5.41, 5.74) is 4.17. The topological polar surface area (TPSA) is 13.1 Å². The lowest BCUT2D eigenvalue weighted by Crippen LogP contribution is -1.86. The maximum Gasteiger partial charge on any atom is 0.134 e. The van der Waals surface area contributed by atoms with Crippen LogP contribution in [0.25, 0.3) is 16.5 Å². The van der Waals surface area contributed by atoms with Crippen molar-refractivity contribution in [2.24, 2.45) is 0 Å². The predicted molar refractivity (Wildman–Crippen MR) is 75.5 cm³/mol. The van der Waals surface area contributed by atoms with Gasteiger partial charge in [-0.15, -0.1) is 0 Å². The zero-order valence-electron chi connectivity index (χ0n) is 10.3. The molecule has 3 rings (SSSR count). The van der Waals surface area contributed by atoms with E-state index in [2.05, 4.69) is 24.8 Å². The van der Waals surface area contributed by atoms with E-state index >= 15 is 0 Å². The number of para-hydroxylation sites is 1. The number of hydrogen-bond acceptors (Lipinski definition) is 1. The molecule has 0 saturated heterocycles. The molecule has 0 aliphatic rings. The Kier molecular flexibility index (Phi) is 2.52. The zero-order chi connectivity index (χ0) is 12.5. The molecular weight excluding hydrogens is 220 g/mol. The summed E-state index contributed by atoms with van der Waals surface area (Å²) in [7, 11) is 0. The van der Waals surface area contributed by atoms with Gasteiger partial charge in [0.15, 0.2) is 0 Å². The average Bonchev–Trinajstić information content (AvgIpc) is 2.75. The van der Waals surface area contributed by atoms with E-state index in [1.54, 1.807) is 0 Å². The lowest BCUT2D eigenvalue weighted by Gasteiger charge is -2.05. The van der Waals surface area contributed by atoms with E-state index in [0.29, 0.717) is 0 Å². The minimum absolute atomic E-state index is 0.919. The highest BCUT2D eigenvalue weighted by Crippen LogP contribution is 2.33. The van der Waals surface area contributed by atoms with Crippen molar-refractivity contribution in [3.05, 3.63) is 78.1 Å². The summed E-state index contributed by atoms with van der Waals surface area (Å²) < 4.78 is 5.78. The van der Waals surface area contributed by atoms with Gasteiger partial charge in [0.25, 0.3) is 0 Å². The largest absolute Gasteiger partial charge is 0.461 e. The lowest BCUT2D eigenvalue weighted by molar-refractivity contribution is 0.577. The van der Waals surface area contributed by atoms with Crippen LogP contribution in [0.4, 0.5) is 0 Å². The van der Waals surface area contributed by atoms with Crippen molar-refractivity contribution in [1.82, 2.24) is 0 Å². The van der Waals surface area contributed by atoms with Gasteiger partial charge < -0.3 is 4.42 Å². The van der Waals surface area contributed by atoms with E-state index < -0.39 is 0 Å². The summed E-state index contributed by atoms with van der Waals surface area (Å²) in [4.78, 5) is 0. The molecule has 0 aliphatic carbocycles. The Bertz CT molecular complexity index is 705. The summed E-state index contributed by atoms with van der Waals surface area (Å²) in [5, 5.41) is 1.13. The first-order valence-electron chi connectivity index (χ1n) is 6.00. The SMILES string of the molecule is C=C(c1ccccc1)c1c(C)oc2ccccc12. The first-order valence-corrected chi connectivity index (χ1v) is 6.00. The molecule has 1 aromatic heterocycles.